The molecule has 0 saturated carbocycles. The van der Waals surface area contributed by atoms with Crippen LogP contribution < -0.4 is 5.43 Å². The predicted molar refractivity (Wildman–Crippen MR) is 123 cm³/mol. The summed E-state index contributed by atoms with van der Waals surface area (Å²) in [6, 6.07) is 14.9. The molecule has 7 heteroatoms. The van der Waals surface area contributed by atoms with Crippen molar-refractivity contribution < 1.29 is 14.3 Å². The second-order valence-corrected chi connectivity index (χ2v) is 7.46. The van der Waals surface area contributed by atoms with Gasteiger partial charge in [-0.2, -0.15) is 5.26 Å². The molecule has 32 heavy (non-hydrogen) atoms. The molecule has 0 aliphatic heterocycles. The van der Waals surface area contributed by atoms with Crippen molar-refractivity contribution in [2.45, 2.75) is 34.6 Å². The van der Waals surface area contributed by atoms with Crippen LogP contribution in [0, 0.1) is 39.0 Å². The van der Waals surface area contributed by atoms with Gasteiger partial charge in [0.15, 0.2) is 0 Å². The molecule has 0 bridgehead atoms. The number of esters is 1. The summed E-state index contributed by atoms with van der Waals surface area (Å²) >= 11 is 0. The topological polar surface area (TPSA) is 89.1 Å². The number of rotatable bonds is 6. The molecule has 3 rings (SSSR count). The van der Waals surface area contributed by atoms with Gasteiger partial charge in [-0.3, -0.25) is 14.9 Å². The Morgan fingerprint density at radius 1 is 1.06 bits per heavy atom. The average molecular weight is 431 g/mol. The van der Waals surface area contributed by atoms with Crippen molar-refractivity contribution in [2.24, 2.45) is 0 Å². The summed E-state index contributed by atoms with van der Waals surface area (Å²) in [4.78, 5) is 25.2. The van der Waals surface area contributed by atoms with Crippen LogP contribution >= 0.6 is 0 Å². The van der Waals surface area contributed by atoms with Gasteiger partial charge in [-0.05, 0) is 76.6 Å². The van der Waals surface area contributed by atoms with E-state index >= 15 is 0 Å². The fourth-order valence-electron chi connectivity index (χ4n) is 3.67. The second kappa shape index (κ2) is 9.40. The molecule has 0 aliphatic carbocycles. The average Bonchev–Trinajstić information content (AvgIpc) is 3.23. The molecule has 0 fully saturated rings. The molecule has 0 saturated heterocycles. The van der Waals surface area contributed by atoms with Crippen molar-refractivity contribution in [1.82, 2.24) is 9.24 Å². The number of hydrogen-bond donors (Lipinski definition) is 1. The Balaban J connectivity index is 2.01. The van der Waals surface area contributed by atoms with Gasteiger partial charge in [0.25, 0.3) is 5.91 Å². The van der Waals surface area contributed by atoms with Gasteiger partial charge in [0.1, 0.15) is 11.6 Å². The number of nitrogens with zero attached hydrogens (tertiary/aromatic N) is 3. The molecule has 0 atom stereocenters. The van der Waals surface area contributed by atoms with E-state index in [4.69, 9.17) is 4.74 Å². The second-order valence-electron chi connectivity index (χ2n) is 7.46. The van der Waals surface area contributed by atoms with Crippen molar-refractivity contribution in [3.63, 3.8) is 0 Å². The van der Waals surface area contributed by atoms with Crippen LogP contribution in [0.2, 0.25) is 0 Å². The number of nitriles is 1. The third-order valence-electron chi connectivity index (χ3n) is 5.26. The lowest BCUT2D eigenvalue weighted by molar-refractivity contribution is -0.113. The van der Waals surface area contributed by atoms with Gasteiger partial charge in [-0.25, -0.2) is 4.79 Å². The summed E-state index contributed by atoms with van der Waals surface area (Å²) in [5, 5.41) is 9.63. The summed E-state index contributed by atoms with van der Waals surface area (Å²) in [5.74, 6) is -0.895. The van der Waals surface area contributed by atoms with Crippen LogP contribution in [0.3, 0.4) is 0 Å². The summed E-state index contributed by atoms with van der Waals surface area (Å²) in [7, 11) is 0. The molecule has 0 radical (unpaired) electrons. The third-order valence-corrected chi connectivity index (χ3v) is 5.26. The minimum absolute atomic E-state index is 0.0172. The Bertz CT molecular complexity index is 1240. The van der Waals surface area contributed by atoms with Crippen LogP contribution in [0.5, 0.6) is 0 Å². The van der Waals surface area contributed by atoms with Crippen LogP contribution in [-0.2, 0) is 9.53 Å². The van der Waals surface area contributed by atoms with Gasteiger partial charge in [0.2, 0.25) is 0 Å². The number of carbonyl (C=O) groups is 2. The molecule has 2 aromatic heterocycles. The first-order valence-electron chi connectivity index (χ1n) is 10.3. The van der Waals surface area contributed by atoms with Crippen LogP contribution in [0.15, 0.2) is 48.0 Å². The first-order chi connectivity index (χ1) is 15.3. The minimum Gasteiger partial charge on any atom is -0.462 e. The quantitative estimate of drug-likeness (QED) is 0.357. The van der Waals surface area contributed by atoms with Gasteiger partial charge < -0.3 is 9.30 Å². The van der Waals surface area contributed by atoms with Gasteiger partial charge in [0, 0.05) is 22.8 Å². The zero-order valence-electron chi connectivity index (χ0n) is 18.9. The molecule has 164 valence electrons. The maximum atomic E-state index is 12.7. The summed E-state index contributed by atoms with van der Waals surface area (Å²) < 4.78 is 8.76. The van der Waals surface area contributed by atoms with E-state index in [9.17, 15) is 14.9 Å². The standard InChI is InChI=1S/C25H26N4O3/c1-6-32-25(31)22-9-7-8-10-23(22)28-18(4)13-20(19(28)5)14-21(15-26)24(30)27-29-16(2)11-12-17(29)3/h7-14H,6H2,1-5H3,(H,27,30)/b21-14-. The van der Waals surface area contributed by atoms with Crippen molar-refractivity contribution in [3.05, 3.63) is 81.9 Å². The Morgan fingerprint density at radius 2 is 1.72 bits per heavy atom. The number of para-hydroxylation sites is 1. The van der Waals surface area contributed by atoms with Crippen LogP contribution in [0.1, 0.15) is 45.6 Å². The highest BCUT2D eigenvalue weighted by molar-refractivity contribution is 6.06. The van der Waals surface area contributed by atoms with E-state index in [0.29, 0.717) is 16.8 Å². The van der Waals surface area contributed by atoms with Crippen LogP contribution in [-0.4, -0.2) is 27.7 Å². The highest BCUT2D eigenvalue weighted by atomic mass is 16.5. The fraction of sp³-hybridized carbons (Fsp3) is 0.240. The molecule has 1 N–H and O–H groups in total. The normalized spacial score (nSPS) is 11.2. The fourth-order valence-corrected chi connectivity index (χ4v) is 3.67. The number of aromatic nitrogens is 2. The van der Waals surface area contributed by atoms with E-state index in [1.54, 1.807) is 29.8 Å². The lowest BCUT2D eigenvalue weighted by atomic mass is 10.1. The Labute approximate surface area is 187 Å². The summed E-state index contributed by atoms with van der Waals surface area (Å²) in [6.45, 7) is 9.58. The molecular weight excluding hydrogens is 404 g/mol. The summed E-state index contributed by atoms with van der Waals surface area (Å²) in [6.07, 6.45) is 1.56. The van der Waals surface area contributed by atoms with Crippen LogP contribution in [0.4, 0.5) is 0 Å². The maximum Gasteiger partial charge on any atom is 0.340 e. The van der Waals surface area contributed by atoms with E-state index in [1.165, 1.54) is 0 Å². The number of hydrogen-bond acceptors (Lipinski definition) is 4. The zero-order valence-corrected chi connectivity index (χ0v) is 18.9. The lowest BCUT2D eigenvalue weighted by Crippen LogP contribution is -2.25. The highest BCUT2D eigenvalue weighted by Gasteiger charge is 2.19. The largest absolute Gasteiger partial charge is 0.462 e. The molecule has 1 aromatic carbocycles. The van der Waals surface area contributed by atoms with E-state index in [2.05, 4.69) is 5.43 Å². The molecule has 0 aliphatic rings. The van der Waals surface area contributed by atoms with Crippen molar-refractivity contribution in [3.8, 4) is 11.8 Å². The van der Waals surface area contributed by atoms with Crippen molar-refractivity contribution in [1.29, 1.82) is 5.26 Å². The number of amides is 1. The molecule has 1 amide bonds. The van der Waals surface area contributed by atoms with E-state index in [0.717, 1.165) is 22.8 Å². The Kier molecular flexibility index (Phi) is 6.64. The van der Waals surface area contributed by atoms with E-state index < -0.39 is 11.9 Å². The van der Waals surface area contributed by atoms with Crippen molar-refractivity contribution in [2.75, 3.05) is 12.0 Å². The van der Waals surface area contributed by atoms with Gasteiger partial charge in [0.05, 0.1) is 17.9 Å². The first-order valence-corrected chi connectivity index (χ1v) is 10.3. The minimum atomic E-state index is -0.494. The number of carbonyl (C=O) groups excluding carboxylic acids is 2. The van der Waals surface area contributed by atoms with E-state index in [-0.39, 0.29) is 12.2 Å². The number of nitrogens with one attached hydrogen (secondary N) is 1. The molecule has 7 nitrogen and oxygen atoms in total. The number of benzene rings is 1. The lowest BCUT2D eigenvalue weighted by Gasteiger charge is -2.14. The van der Waals surface area contributed by atoms with Gasteiger partial charge in [-0.15, -0.1) is 0 Å². The SMILES string of the molecule is CCOC(=O)c1ccccc1-n1c(C)cc(/C=C(/C#N)C(=O)Nn2c(C)ccc2C)c1C. The van der Waals surface area contributed by atoms with Gasteiger partial charge >= 0.3 is 5.97 Å². The highest BCUT2D eigenvalue weighted by Crippen LogP contribution is 2.25. The van der Waals surface area contributed by atoms with Crippen LogP contribution in [0.25, 0.3) is 11.8 Å². The maximum absolute atomic E-state index is 12.7. The van der Waals surface area contributed by atoms with E-state index in [1.807, 2.05) is 68.7 Å². The Hall–Kier alpha value is -4.05. The number of aryl methyl sites for hydroxylation is 3. The molecule has 0 spiro atoms. The predicted octanol–water partition coefficient (Wildman–Crippen LogP) is 4.37. The Morgan fingerprint density at radius 3 is 2.34 bits per heavy atom. The molecular formula is C25H26N4O3. The smallest absolute Gasteiger partial charge is 0.340 e. The molecule has 0 unspecified atom stereocenters. The molecule has 3 aromatic rings. The summed E-state index contributed by atoms with van der Waals surface area (Å²) in [5.41, 5.74) is 7.98. The third kappa shape index (κ3) is 4.35. The van der Waals surface area contributed by atoms with Gasteiger partial charge in [-0.1, -0.05) is 12.1 Å². The van der Waals surface area contributed by atoms with Crippen molar-refractivity contribution >= 4 is 18.0 Å². The molecule has 2 heterocycles. The first kappa shape index (κ1) is 22.6. The number of ether oxygens (including phenoxy) is 1. The zero-order chi connectivity index (χ0) is 23.4. The monoisotopic (exact) mass is 430 g/mol.